The Kier molecular flexibility index (Phi) is 8.89. The van der Waals surface area contributed by atoms with Crippen LogP contribution < -0.4 is 0 Å². The van der Waals surface area contributed by atoms with Gasteiger partial charge < -0.3 is 4.57 Å². The van der Waals surface area contributed by atoms with E-state index in [4.69, 9.17) is 15.0 Å². The highest BCUT2D eigenvalue weighted by atomic mass is 32.1. The van der Waals surface area contributed by atoms with Crippen molar-refractivity contribution in [3.63, 3.8) is 0 Å². The molecule has 79 heavy (non-hydrogen) atoms. The van der Waals surface area contributed by atoms with Gasteiger partial charge in [0.15, 0.2) is 5.82 Å². The lowest BCUT2D eigenvalue weighted by molar-refractivity contribution is 1.02. The lowest BCUT2D eigenvalue weighted by Crippen LogP contribution is -2.03. The first-order valence-electron chi connectivity index (χ1n) is 26.7. The molecule has 0 saturated carbocycles. The maximum Gasteiger partial charge on any atom is 0.235 e. The van der Waals surface area contributed by atoms with Crippen molar-refractivity contribution in [3.8, 4) is 39.8 Å². The number of rotatable bonds is 5. The molecule has 18 rings (SSSR count). The summed E-state index contributed by atoms with van der Waals surface area (Å²) >= 11 is 3.71. The van der Waals surface area contributed by atoms with Crippen molar-refractivity contribution in [2.45, 2.75) is 0 Å². The van der Waals surface area contributed by atoms with E-state index in [1.807, 2.05) is 28.9 Å². The van der Waals surface area contributed by atoms with Gasteiger partial charge in [0.2, 0.25) is 5.95 Å². The van der Waals surface area contributed by atoms with Crippen molar-refractivity contribution in [1.29, 1.82) is 0 Å². The average molecular weight is 1040 g/mol. The molecular formula is C71H40N6S2. The first kappa shape index (κ1) is 43.1. The Balaban J connectivity index is 0.834. The zero-order chi connectivity index (χ0) is 51.4. The molecule has 0 saturated heterocycles. The third-order valence-electron chi connectivity index (χ3n) is 16.5. The monoisotopic (exact) mass is 1040 g/mol. The summed E-state index contributed by atoms with van der Waals surface area (Å²) in [5, 5.41) is 15.7. The van der Waals surface area contributed by atoms with Crippen LogP contribution in [0, 0.1) is 0 Å². The second kappa shape index (κ2) is 16.3. The number of nitrogens with zero attached hydrogens (tertiary/aromatic N) is 6. The van der Waals surface area contributed by atoms with E-state index in [1.54, 1.807) is 0 Å². The minimum atomic E-state index is 0.655. The van der Waals surface area contributed by atoms with Crippen molar-refractivity contribution in [3.05, 3.63) is 243 Å². The van der Waals surface area contributed by atoms with E-state index in [9.17, 15) is 0 Å². The molecule has 0 atom stereocenters. The highest BCUT2D eigenvalue weighted by Gasteiger charge is 2.25. The normalized spacial score (nSPS) is 12.3. The Bertz CT molecular complexity index is 5590. The number of hydrogen-bond donors (Lipinski definition) is 0. The summed E-state index contributed by atoms with van der Waals surface area (Å²) in [6.07, 6.45) is 1.98. The van der Waals surface area contributed by atoms with Crippen LogP contribution in [0.15, 0.2) is 243 Å². The van der Waals surface area contributed by atoms with Crippen LogP contribution in [0.1, 0.15) is 0 Å². The minimum absolute atomic E-state index is 0.655. The molecule has 0 bridgehead atoms. The Morgan fingerprint density at radius 2 is 0.899 bits per heavy atom. The van der Waals surface area contributed by atoms with Gasteiger partial charge in [0, 0.05) is 102 Å². The fourth-order valence-corrected chi connectivity index (χ4v) is 15.5. The van der Waals surface area contributed by atoms with E-state index in [0.717, 1.165) is 55.7 Å². The van der Waals surface area contributed by atoms with Crippen molar-refractivity contribution in [2.75, 3.05) is 0 Å². The Morgan fingerprint density at radius 1 is 0.316 bits per heavy atom. The molecule has 366 valence electrons. The van der Waals surface area contributed by atoms with E-state index in [2.05, 4.69) is 250 Å². The molecule has 0 amide bonds. The van der Waals surface area contributed by atoms with E-state index < -0.39 is 0 Å². The third-order valence-corrected chi connectivity index (χ3v) is 18.9. The number of aromatic nitrogens is 6. The highest BCUT2D eigenvalue weighted by molar-refractivity contribution is 7.27. The Hall–Kier alpha value is -9.99. The SMILES string of the molecule is c1ccc(-c2nc(-n3c4ccccc4c4c5c6ccccc6sc5c5cc(-c6ccc7c(c6)c6ccccc6n7-c6ccc7sc8c(-n9c%10ccccc%10c%10ccccc%109)nccc8c7c6)ccc5c43)nc3ccccc23)cc1. The Morgan fingerprint density at radius 3 is 1.67 bits per heavy atom. The van der Waals surface area contributed by atoms with E-state index in [0.29, 0.717) is 5.95 Å². The van der Waals surface area contributed by atoms with Gasteiger partial charge in [-0.2, -0.15) is 0 Å². The summed E-state index contributed by atoms with van der Waals surface area (Å²) in [5.74, 6) is 1.62. The van der Waals surface area contributed by atoms with E-state index in [1.165, 1.54) is 106 Å². The number of thiophene rings is 2. The second-order valence-corrected chi connectivity index (χ2v) is 22.7. The molecule has 6 nitrogen and oxygen atoms in total. The highest BCUT2D eigenvalue weighted by Crippen LogP contribution is 2.50. The van der Waals surface area contributed by atoms with Crippen LogP contribution in [0.25, 0.3) is 167 Å². The number of benzene rings is 11. The fraction of sp³-hybridized carbons (Fsp3) is 0. The predicted octanol–water partition coefficient (Wildman–Crippen LogP) is 19.5. The minimum Gasteiger partial charge on any atom is -0.309 e. The van der Waals surface area contributed by atoms with Gasteiger partial charge >= 0.3 is 0 Å². The largest absolute Gasteiger partial charge is 0.309 e. The fourth-order valence-electron chi connectivity index (χ4n) is 13.1. The van der Waals surface area contributed by atoms with Gasteiger partial charge in [-0.3, -0.25) is 9.13 Å². The van der Waals surface area contributed by atoms with Crippen LogP contribution in [-0.4, -0.2) is 28.7 Å². The molecule has 0 radical (unpaired) electrons. The van der Waals surface area contributed by atoms with Crippen molar-refractivity contribution >= 4 is 150 Å². The van der Waals surface area contributed by atoms with Gasteiger partial charge in [-0.05, 0) is 90.0 Å². The summed E-state index contributed by atoms with van der Waals surface area (Å²) in [6, 6.07) is 86.1. The zero-order valence-corrected chi connectivity index (χ0v) is 43.7. The zero-order valence-electron chi connectivity index (χ0n) is 42.1. The van der Waals surface area contributed by atoms with Crippen LogP contribution in [0.4, 0.5) is 0 Å². The number of hydrogen-bond acceptors (Lipinski definition) is 5. The second-order valence-electron chi connectivity index (χ2n) is 20.6. The summed E-state index contributed by atoms with van der Waals surface area (Å²) in [6.45, 7) is 0. The molecule has 11 aromatic carbocycles. The maximum atomic E-state index is 5.50. The molecule has 0 unspecified atom stereocenters. The van der Waals surface area contributed by atoms with Crippen LogP contribution in [0.2, 0.25) is 0 Å². The molecule has 7 heterocycles. The molecule has 0 spiro atoms. The van der Waals surface area contributed by atoms with Gasteiger partial charge in [-0.1, -0.05) is 158 Å². The molecule has 0 aliphatic rings. The standard InChI is InChI=1S/C71H40N6S2/c1-2-16-41(17-3-1)66-50-21-4-10-24-56(50)73-71(74-66)77-60-28-14-8-22-51(60)64-65-52-23-9-15-29-62(52)78-68(65)55-39-42(30-33-48(55)67(64)77)43-31-34-61-53(38-43)47-20-7-11-25-57(47)75(61)44-32-35-63-54(40-44)49-36-37-72-70(69(49)79-63)76-58-26-12-5-18-45(58)46-19-6-13-27-59(46)76/h1-40H. The van der Waals surface area contributed by atoms with Gasteiger partial charge in [-0.15, -0.1) is 22.7 Å². The number of para-hydroxylation sites is 5. The smallest absolute Gasteiger partial charge is 0.235 e. The lowest BCUT2D eigenvalue weighted by atomic mass is 9.96. The quantitative estimate of drug-likeness (QED) is 0.173. The third kappa shape index (κ3) is 6.07. The summed E-state index contributed by atoms with van der Waals surface area (Å²) in [7, 11) is 0. The molecular weight excluding hydrogens is 1000 g/mol. The molecule has 0 fully saturated rings. The van der Waals surface area contributed by atoms with Crippen LogP contribution >= 0.6 is 22.7 Å². The number of pyridine rings is 1. The van der Waals surface area contributed by atoms with Crippen molar-refractivity contribution in [1.82, 2.24) is 28.7 Å². The predicted molar refractivity (Wildman–Crippen MR) is 335 cm³/mol. The van der Waals surface area contributed by atoms with Crippen LogP contribution in [0.5, 0.6) is 0 Å². The Labute approximate surface area is 458 Å². The molecule has 7 aromatic heterocycles. The average Bonchev–Trinajstić information content (AvgIpc) is 4.42. The van der Waals surface area contributed by atoms with Crippen LogP contribution in [0.3, 0.4) is 0 Å². The van der Waals surface area contributed by atoms with Crippen LogP contribution in [-0.2, 0) is 0 Å². The first-order chi connectivity index (χ1) is 39.2. The van der Waals surface area contributed by atoms with E-state index >= 15 is 0 Å². The first-order valence-corrected chi connectivity index (χ1v) is 28.3. The van der Waals surface area contributed by atoms with Gasteiger partial charge in [-0.25, -0.2) is 15.0 Å². The maximum absolute atomic E-state index is 5.50. The van der Waals surface area contributed by atoms with Gasteiger partial charge in [0.1, 0.15) is 0 Å². The molecule has 8 heteroatoms. The molecule has 0 aliphatic carbocycles. The van der Waals surface area contributed by atoms with Crippen molar-refractivity contribution < 1.29 is 0 Å². The lowest BCUT2D eigenvalue weighted by Gasteiger charge is -2.14. The molecule has 0 aliphatic heterocycles. The topological polar surface area (TPSA) is 53.5 Å². The van der Waals surface area contributed by atoms with E-state index in [-0.39, 0.29) is 0 Å². The summed E-state index contributed by atoms with van der Waals surface area (Å²) in [5.41, 5.74) is 13.2. The summed E-state index contributed by atoms with van der Waals surface area (Å²) < 4.78 is 12.1. The summed E-state index contributed by atoms with van der Waals surface area (Å²) in [4.78, 5) is 16.0. The number of fused-ring (bicyclic) bond motifs is 20. The van der Waals surface area contributed by atoms with Crippen molar-refractivity contribution in [2.24, 2.45) is 0 Å². The molecule has 0 N–H and O–H groups in total. The van der Waals surface area contributed by atoms with Gasteiger partial charge in [0.05, 0.1) is 49.0 Å². The van der Waals surface area contributed by atoms with Gasteiger partial charge in [0.25, 0.3) is 0 Å². The molecule has 18 aromatic rings.